The van der Waals surface area contributed by atoms with E-state index in [0.717, 1.165) is 10.6 Å². The van der Waals surface area contributed by atoms with E-state index < -0.39 is 0 Å². The van der Waals surface area contributed by atoms with Crippen LogP contribution in [0.3, 0.4) is 0 Å². The Bertz CT molecular complexity index is 931. The van der Waals surface area contributed by atoms with Gasteiger partial charge in [-0.25, -0.2) is 0 Å². The molecule has 140 valence electrons. The highest BCUT2D eigenvalue weighted by Gasteiger charge is 2.11. The number of carbonyl (C=O) groups excluding carboxylic acids is 1. The summed E-state index contributed by atoms with van der Waals surface area (Å²) in [6.45, 7) is 1.83. The molecule has 10 heteroatoms. The zero-order chi connectivity index (χ0) is 19.2. The SMILES string of the molecule is COc1ccc(-c2ccc(SCC(=O)Nc3nnc(C)s3)nn2)c(OC)c1. The number of aryl methyl sites for hydroxylation is 1. The first-order valence-corrected chi connectivity index (χ1v) is 9.68. The molecule has 2 aromatic heterocycles. The summed E-state index contributed by atoms with van der Waals surface area (Å²) < 4.78 is 10.6. The van der Waals surface area contributed by atoms with Crippen molar-refractivity contribution < 1.29 is 14.3 Å². The van der Waals surface area contributed by atoms with Crippen LogP contribution >= 0.6 is 23.1 Å². The van der Waals surface area contributed by atoms with Crippen LogP contribution in [0.1, 0.15) is 5.01 Å². The molecular formula is C17H17N5O3S2. The van der Waals surface area contributed by atoms with Gasteiger partial charge in [0.25, 0.3) is 0 Å². The molecule has 1 amide bonds. The molecule has 1 N–H and O–H groups in total. The molecular weight excluding hydrogens is 386 g/mol. The number of thioether (sulfide) groups is 1. The quantitative estimate of drug-likeness (QED) is 0.601. The van der Waals surface area contributed by atoms with E-state index in [2.05, 4.69) is 25.7 Å². The molecule has 27 heavy (non-hydrogen) atoms. The van der Waals surface area contributed by atoms with Gasteiger partial charge in [-0.15, -0.1) is 20.4 Å². The Morgan fingerprint density at radius 1 is 1.11 bits per heavy atom. The van der Waals surface area contributed by atoms with Crippen LogP contribution in [0.5, 0.6) is 11.5 Å². The van der Waals surface area contributed by atoms with Gasteiger partial charge in [-0.1, -0.05) is 23.1 Å². The molecule has 0 aliphatic rings. The minimum atomic E-state index is -0.168. The van der Waals surface area contributed by atoms with Crippen LogP contribution in [0.4, 0.5) is 5.13 Å². The summed E-state index contributed by atoms with van der Waals surface area (Å²) in [6, 6.07) is 9.15. The zero-order valence-electron chi connectivity index (χ0n) is 14.9. The molecule has 0 aliphatic heterocycles. The maximum absolute atomic E-state index is 12.0. The highest BCUT2D eigenvalue weighted by molar-refractivity contribution is 7.99. The van der Waals surface area contributed by atoms with E-state index >= 15 is 0 Å². The lowest BCUT2D eigenvalue weighted by atomic mass is 10.1. The minimum Gasteiger partial charge on any atom is -0.497 e. The lowest BCUT2D eigenvalue weighted by Gasteiger charge is -2.09. The van der Waals surface area contributed by atoms with E-state index in [1.807, 2.05) is 31.2 Å². The Balaban J connectivity index is 1.63. The summed E-state index contributed by atoms with van der Waals surface area (Å²) in [7, 11) is 3.19. The maximum atomic E-state index is 12.0. The maximum Gasteiger partial charge on any atom is 0.236 e. The summed E-state index contributed by atoms with van der Waals surface area (Å²) >= 11 is 2.63. The number of methoxy groups -OCH3 is 2. The highest BCUT2D eigenvalue weighted by Crippen LogP contribution is 2.32. The number of hydrogen-bond acceptors (Lipinski definition) is 9. The molecule has 0 atom stereocenters. The van der Waals surface area contributed by atoms with Crippen LogP contribution in [-0.4, -0.2) is 46.3 Å². The van der Waals surface area contributed by atoms with Crippen molar-refractivity contribution in [1.82, 2.24) is 20.4 Å². The number of ether oxygens (including phenoxy) is 2. The Morgan fingerprint density at radius 3 is 2.59 bits per heavy atom. The molecule has 0 saturated heterocycles. The fourth-order valence-corrected chi connectivity index (χ4v) is 3.41. The van der Waals surface area contributed by atoms with Crippen LogP contribution < -0.4 is 14.8 Å². The zero-order valence-corrected chi connectivity index (χ0v) is 16.6. The monoisotopic (exact) mass is 403 g/mol. The van der Waals surface area contributed by atoms with Crippen molar-refractivity contribution in [3.8, 4) is 22.8 Å². The standard InChI is InChI=1S/C17H17N5O3S2/c1-10-19-22-17(27-10)18-15(23)9-26-16-7-6-13(20-21-16)12-5-4-11(24-2)8-14(12)25-3/h4-8H,9H2,1-3H3,(H,18,22,23). The fourth-order valence-electron chi connectivity index (χ4n) is 2.19. The van der Waals surface area contributed by atoms with Gasteiger partial charge in [0.1, 0.15) is 21.5 Å². The predicted molar refractivity (Wildman–Crippen MR) is 105 cm³/mol. The van der Waals surface area contributed by atoms with Crippen LogP contribution in [0, 0.1) is 6.92 Å². The third-order valence-corrected chi connectivity index (χ3v) is 5.12. The topological polar surface area (TPSA) is 99.1 Å². The molecule has 0 unspecified atom stereocenters. The summed E-state index contributed by atoms with van der Waals surface area (Å²) in [5.41, 5.74) is 1.49. The molecule has 3 rings (SSSR count). The second-order valence-corrected chi connectivity index (χ2v) is 7.46. The molecule has 3 aromatic rings. The summed E-state index contributed by atoms with van der Waals surface area (Å²) in [5, 5.41) is 20.8. The normalized spacial score (nSPS) is 10.5. The Hall–Kier alpha value is -2.72. The Morgan fingerprint density at radius 2 is 1.96 bits per heavy atom. The smallest absolute Gasteiger partial charge is 0.236 e. The number of rotatable bonds is 7. The summed E-state index contributed by atoms with van der Waals surface area (Å²) in [5.74, 6) is 1.39. The van der Waals surface area contributed by atoms with Crippen LogP contribution in [-0.2, 0) is 4.79 Å². The average molecular weight is 403 g/mol. The fraction of sp³-hybridized carbons (Fsp3) is 0.235. The lowest BCUT2D eigenvalue weighted by molar-refractivity contribution is -0.113. The van der Waals surface area contributed by atoms with Crippen LogP contribution in [0.15, 0.2) is 35.4 Å². The van der Waals surface area contributed by atoms with E-state index in [1.165, 1.54) is 23.1 Å². The molecule has 0 bridgehead atoms. The van der Waals surface area contributed by atoms with Gasteiger partial charge >= 0.3 is 0 Å². The third-order valence-electron chi connectivity index (χ3n) is 3.45. The van der Waals surface area contributed by atoms with Gasteiger partial charge < -0.3 is 9.47 Å². The van der Waals surface area contributed by atoms with Crippen molar-refractivity contribution in [2.45, 2.75) is 11.9 Å². The lowest BCUT2D eigenvalue weighted by Crippen LogP contribution is -2.14. The molecule has 0 spiro atoms. The largest absolute Gasteiger partial charge is 0.497 e. The first-order chi connectivity index (χ1) is 13.1. The number of aromatic nitrogens is 4. The molecule has 1 aromatic carbocycles. The van der Waals surface area contributed by atoms with Gasteiger partial charge in [-0.05, 0) is 31.2 Å². The molecule has 0 radical (unpaired) electrons. The van der Waals surface area contributed by atoms with Crippen molar-refractivity contribution in [1.29, 1.82) is 0 Å². The molecule has 0 aliphatic carbocycles. The van der Waals surface area contributed by atoms with Crippen LogP contribution in [0.2, 0.25) is 0 Å². The van der Waals surface area contributed by atoms with Crippen molar-refractivity contribution >= 4 is 34.1 Å². The van der Waals surface area contributed by atoms with Gasteiger partial charge in [-0.2, -0.15) is 0 Å². The number of anilines is 1. The highest BCUT2D eigenvalue weighted by atomic mass is 32.2. The first-order valence-electron chi connectivity index (χ1n) is 7.88. The van der Waals surface area contributed by atoms with Gasteiger partial charge in [-0.3, -0.25) is 10.1 Å². The van der Waals surface area contributed by atoms with Crippen molar-refractivity contribution in [3.05, 3.63) is 35.3 Å². The van der Waals surface area contributed by atoms with Gasteiger partial charge in [0.15, 0.2) is 0 Å². The molecule has 8 nitrogen and oxygen atoms in total. The van der Waals surface area contributed by atoms with Crippen molar-refractivity contribution in [2.24, 2.45) is 0 Å². The van der Waals surface area contributed by atoms with Crippen molar-refractivity contribution in [3.63, 3.8) is 0 Å². The van der Waals surface area contributed by atoms with Gasteiger partial charge in [0.2, 0.25) is 11.0 Å². The Kier molecular flexibility index (Phi) is 6.20. The summed E-state index contributed by atoms with van der Waals surface area (Å²) in [6.07, 6.45) is 0. The van der Waals surface area contributed by atoms with E-state index in [4.69, 9.17) is 9.47 Å². The predicted octanol–water partition coefficient (Wildman–Crippen LogP) is 3.05. The van der Waals surface area contributed by atoms with Gasteiger partial charge in [0.05, 0.1) is 25.7 Å². The van der Waals surface area contributed by atoms with Gasteiger partial charge in [0, 0.05) is 11.6 Å². The molecule has 0 fully saturated rings. The van der Waals surface area contributed by atoms with E-state index in [-0.39, 0.29) is 11.7 Å². The average Bonchev–Trinajstić information content (AvgIpc) is 3.10. The molecule has 2 heterocycles. The number of amides is 1. The number of nitrogens with zero attached hydrogens (tertiary/aromatic N) is 4. The first kappa shape index (κ1) is 19.1. The molecule has 0 saturated carbocycles. The van der Waals surface area contributed by atoms with Crippen LogP contribution in [0.25, 0.3) is 11.3 Å². The third kappa shape index (κ3) is 4.92. The second kappa shape index (κ2) is 8.78. The number of nitrogens with one attached hydrogen (secondary N) is 1. The number of carbonyl (C=O) groups is 1. The number of hydrogen-bond donors (Lipinski definition) is 1. The second-order valence-electron chi connectivity index (χ2n) is 5.29. The minimum absolute atomic E-state index is 0.168. The van der Waals surface area contributed by atoms with E-state index in [0.29, 0.717) is 27.4 Å². The Labute approximate surface area is 164 Å². The van der Waals surface area contributed by atoms with E-state index in [1.54, 1.807) is 20.3 Å². The number of benzene rings is 1. The van der Waals surface area contributed by atoms with Crippen molar-refractivity contribution in [2.75, 3.05) is 25.3 Å². The summed E-state index contributed by atoms with van der Waals surface area (Å²) in [4.78, 5) is 12.0. The van der Waals surface area contributed by atoms with E-state index in [9.17, 15) is 4.79 Å².